The second-order valence-electron chi connectivity index (χ2n) is 5.16. The first kappa shape index (κ1) is 14.0. The standard InChI is InChI=1S/C12H13F5N2/c1-5(2)12(18)3-19(4-12)11-9(16)7(14)6(13)8(15)10(11)17/h5H,3-4,18H2,1-2H3. The number of nitrogens with two attached hydrogens (primary N) is 1. The third kappa shape index (κ3) is 1.96. The molecular weight excluding hydrogens is 267 g/mol. The Labute approximate surface area is 107 Å². The van der Waals surface area contributed by atoms with E-state index in [-0.39, 0.29) is 19.0 Å². The highest BCUT2D eigenvalue weighted by molar-refractivity contribution is 5.54. The predicted molar refractivity (Wildman–Crippen MR) is 60.2 cm³/mol. The van der Waals surface area contributed by atoms with Crippen LogP contribution in [0.15, 0.2) is 0 Å². The van der Waals surface area contributed by atoms with Crippen LogP contribution in [0.2, 0.25) is 0 Å². The van der Waals surface area contributed by atoms with E-state index in [0.29, 0.717) is 0 Å². The van der Waals surface area contributed by atoms with Gasteiger partial charge in [-0.3, -0.25) is 0 Å². The van der Waals surface area contributed by atoms with Gasteiger partial charge in [0, 0.05) is 13.1 Å². The summed E-state index contributed by atoms with van der Waals surface area (Å²) in [5.74, 6) is -9.63. The molecule has 106 valence electrons. The zero-order valence-corrected chi connectivity index (χ0v) is 10.4. The van der Waals surface area contributed by atoms with Gasteiger partial charge in [-0.15, -0.1) is 0 Å². The second-order valence-corrected chi connectivity index (χ2v) is 5.16. The Bertz CT molecular complexity index is 494. The lowest BCUT2D eigenvalue weighted by molar-refractivity contribution is 0.239. The average Bonchev–Trinajstić information content (AvgIpc) is 2.31. The summed E-state index contributed by atoms with van der Waals surface area (Å²) in [6.07, 6.45) is 0. The van der Waals surface area contributed by atoms with Crippen molar-refractivity contribution >= 4 is 5.69 Å². The summed E-state index contributed by atoms with van der Waals surface area (Å²) in [6.45, 7) is 3.75. The molecule has 1 aliphatic rings. The molecule has 0 bridgehead atoms. The lowest BCUT2D eigenvalue weighted by Gasteiger charge is -2.51. The normalized spacial score (nSPS) is 17.8. The number of anilines is 1. The third-order valence-electron chi connectivity index (χ3n) is 3.62. The minimum atomic E-state index is -2.15. The van der Waals surface area contributed by atoms with Gasteiger partial charge in [0.05, 0.1) is 5.54 Å². The Morgan fingerprint density at radius 1 is 0.895 bits per heavy atom. The number of halogens is 5. The van der Waals surface area contributed by atoms with Gasteiger partial charge in [-0.1, -0.05) is 13.8 Å². The molecule has 1 aromatic carbocycles. The van der Waals surface area contributed by atoms with Crippen molar-refractivity contribution in [2.24, 2.45) is 11.7 Å². The molecule has 1 aliphatic heterocycles. The van der Waals surface area contributed by atoms with Crippen molar-refractivity contribution in [3.63, 3.8) is 0 Å². The minimum Gasteiger partial charge on any atom is -0.363 e. The topological polar surface area (TPSA) is 29.3 Å². The Kier molecular flexibility index (Phi) is 3.20. The van der Waals surface area contributed by atoms with Crippen LogP contribution in [0.25, 0.3) is 0 Å². The molecule has 2 rings (SSSR count). The molecule has 0 unspecified atom stereocenters. The van der Waals surface area contributed by atoms with Crippen LogP contribution >= 0.6 is 0 Å². The first-order chi connectivity index (χ1) is 8.69. The number of benzene rings is 1. The van der Waals surface area contributed by atoms with Crippen molar-refractivity contribution in [3.05, 3.63) is 29.1 Å². The maximum absolute atomic E-state index is 13.5. The zero-order chi connectivity index (χ0) is 14.5. The smallest absolute Gasteiger partial charge is 0.200 e. The van der Waals surface area contributed by atoms with Gasteiger partial charge in [-0.25, -0.2) is 22.0 Å². The molecule has 2 N–H and O–H groups in total. The Balaban J connectivity index is 2.39. The van der Waals surface area contributed by atoms with Crippen LogP contribution in [0, 0.1) is 35.0 Å². The van der Waals surface area contributed by atoms with Gasteiger partial charge >= 0.3 is 0 Å². The summed E-state index contributed by atoms with van der Waals surface area (Å²) in [7, 11) is 0. The molecule has 0 saturated carbocycles. The molecule has 1 aromatic rings. The summed E-state index contributed by atoms with van der Waals surface area (Å²) >= 11 is 0. The van der Waals surface area contributed by atoms with E-state index in [4.69, 9.17) is 5.73 Å². The fourth-order valence-corrected chi connectivity index (χ4v) is 2.06. The van der Waals surface area contributed by atoms with E-state index in [1.807, 2.05) is 13.8 Å². The lowest BCUT2D eigenvalue weighted by atomic mass is 9.80. The van der Waals surface area contributed by atoms with Gasteiger partial charge in [0.25, 0.3) is 0 Å². The van der Waals surface area contributed by atoms with Gasteiger partial charge in [-0.05, 0) is 5.92 Å². The molecule has 0 amide bonds. The first-order valence-corrected chi connectivity index (χ1v) is 5.74. The van der Waals surface area contributed by atoms with Gasteiger partial charge < -0.3 is 10.6 Å². The van der Waals surface area contributed by atoms with Crippen molar-refractivity contribution in [1.82, 2.24) is 0 Å². The Morgan fingerprint density at radius 2 is 1.26 bits per heavy atom. The fourth-order valence-electron chi connectivity index (χ4n) is 2.06. The van der Waals surface area contributed by atoms with Crippen molar-refractivity contribution in [1.29, 1.82) is 0 Å². The molecular formula is C12H13F5N2. The molecule has 7 heteroatoms. The van der Waals surface area contributed by atoms with Gasteiger partial charge in [0.1, 0.15) is 5.69 Å². The molecule has 1 heterocycles. The van der Waals surface area contributed by atoms with Crippen LogP contribution in [0.4, 0.5) is 27.6 Å². The molecule has 0 spiro atoms. The highest BCUT2D eigenvalue weighted by atomic mass is 19.2. The average molecular weight is 280 g/mol. The molecule has 2 nitrogen and oxygen atoms in total. The van der Waals surface area contributed by atoms with E-state index in [2.05, 4.69) is 0 Å². The fraction of sp³-hybridized carbons (Fsp3) is 0.500. The third-order valence-corrected chi connectivity index (χ3v) is 3.62. The molecule has 19 heavy (non-hydrogen) atoms. The highest BCUT2D eigenvalue weighted by Crippen LogP contribution is 2.36. The highest BCUT2D eigenvalue weighted by Gasteiger charge is 2.45. The van der Waals surface area contributed by atoms with E-state index in [9.17, 15) is 22.0 Å². The van der Waals surface area contributed by atoms with Crippen LogP contribution in [0.5, 0.6) is 0 Å². The van der Waals surface area contributed by atoms with Gasteiger partial charge in [0.2, 0.25) is 5.82 Å². The first-order valence-electron chi connectivity index (χ1n) is 5.74. The van der Waals surface area contributed by atoms with Gasteiger partial charge in [-0.2, -0.15) is 0 Å². The summed E-state index contributed by atoms with van der Waals surface area (Å²) < 4.78 is 66.1. The van der Waals surface area contributed by atoms with E-state index >= 15 is 0 Å². The summed E-state index contributed by atoms with van der Waals surface area (Å²) in [6, 6.07) is 0. The summed E-state index contributed by atoms with van der Waals surface area (Å²) in [4.78, 5) is 1.07. The Morgan fingerprint density at radius 3 is 1.63 bits per heavy atom. The lowest BCUT2D eigenvalue weighted by Crippen LogP contribution is -2.70. The molecule has 0 aliphatic carbocycles. The zero-order valence-electron chi connectivity index (χ0n) is 10.4. The van der Waals surface area contributed by atoms with Crippen molar-refractivity contribution in [3.8, 4) is 0 Å². The van der Waals surface area contributed by atoms with Crippen LogP contribution in [-0.4, -0.2) is 18.6 Å². The second kappa shape index (κ2) is 4.33. The van der Waals surface area contributed by atoms with Crippen LogP contribution in [0.1, 0.15) is 13.8 Å². The molecule has 0 aromatic heterocycles. The van der Waals surface area contributed by atoms with E-state index in [1.54, 1.807) is 0 Å². The van der Waals surface area contributed by atoms with E-state index < -0.39 is 40.3 Å². The monoisotopic (exact) mass is 280 g/mol. The van der Waals surface area contributed by atoms with Crippen molar-refractivity contribution < 1.29 is 22.0 Å². The molecule has 1 saturated heterocycles. The summed E-state index contributed by atoms with van der Waals surface area (Å²) in [5, 5.41) is 0. The molecule has 0 atom stereocenters. The quantitative estimate of drug-likeness (QED) is 0.512. The molecule has 0 radical (unpaired) electrons. The maximum Gasteiger partial charge on any atom is 0.200 e. The van der Waals surface area contributed by atoms with E-state index in [1.165, 1.54) is 0 Å². The van der Waals surface area contributed by atoms with Crippen LogP contribution in [0.3, 0.4) is 0 Å². The van der Waals surface area contributed by atoms with Crippen molar-refractivity contribution in [2.75, 3.05) is 18.0 Å². The Hall–Kier alpha value is -1.37. The van der Waals surface area contributed by atoms with Crippen LogP contribution < -0.4 is 10.6 Å². The minimum absolute atomic E-state index is 0.0324. The van der Waals surface area contributed by atoms with Crippen molar-refractivity contribution in [2.45, 2.75) is 19.4 Å². The number of hydrogen-bond acceptors (Lipinski definition) is 2. The molecule has 1 fully saturated rings. The number of hydrogen-bond donors (Lipinski definition) is 1. The van der Waals surface area contributed by atoms with E-state index in [0.717, 1.165) is 4.90 Å². The predicted octanol–water partition coefficient (Wildman–Crippen LogP) is 2.56. The number of rotatable bonds is 2. The largest absolute Gasteiger partial charge is 0.363 e. The summed E-state index contributed by atoms with van der Waals surface area (Å²) in [5.41, 5.74) is 4.35. The maximum atomic E-state index is 13.5. The van der Waals surface area contributed by atoms with Crippen LogP contribution in [-0.2, 0) is 0 Å². The number of nitrogens with zero attached hydrogens (tertiary/aromatic N) is 1. The van der Waals surface area contributed by atoms with Gasteiger partial charge in [0.15, 0.2) is 23.3 Å². The SMILES string of the molecule is CC(C)C1(N)CN(c2c(F)c(F)c(F)c(F)c2F)C1.